The van der Waals surface area contributed by atoms with Gasteiger partial charge in [0.25, 0.3) is 5.91 Å². The van der Waals surface area contributed by atoms with Crippen LogP contribution in [0.15, 0.2) is 36.4 Å². The molecule has 0 aliphatic heterocycles. The van der Waals surface area contributed by atoms with Crippen LogP contribution in [0.3, 0.4) is 0 Å². The minimum atomic E-state index is -0.194. The second-order valence-electron chi connectivity index (χ2n) is 4.68. The van der Waals surface area contributed by atoms with E-state index in [1.807, 2.05) is 13.0 Å². The molecule has 2 rings (SSSR count). The maximum absolute atomic E-state index is 12.5. The van der Waals surface area contributed by atoms with E-state index in [1.54, 1.807) is 44.6 Å². The molecule has 0 aromatic heterocycles. The molecule has 0 unspecified atom stereocenters. The van der Waals surface area contributed by atoms with E-state index in [-0.39, 0.29) is 5.91 Å². The van der Waals surface area contributed by atoms with E-state index < -0.39 is 0 Å². The summed E-state index contributed by atoms with van der Waals surface area (Å²) in [6.45, 7) is 1.99. The monoisotopic (exact) mass is 319 g/mol. The van der Waals surface area contributed by atoms with Crippen molar-refractivity contribution in [1.82, 2.24) is 0 Å². The van der Waals surface area contributed by atoms with E-state index in [0.717, 1.165) is 5.56 Å². The minimum absolute atomic E-state index is 0.194. The summed E-state index contributed by atoms with van der Waals surface area (Å²) in [5.41, 5.74) is 2.14. The molecule has 1 amide bonds. The Bertz CT molecular complexity index is 668. The molecule has 22 heavy (non-hydrogen) atoms. The van der Waals surface area contributed by atoms with Crippen LogP contribution in [0.4, 0.5) is 5.69 Å². The molecule has 0 bridgehead atoms. The van der Waals surface area contributed by atoms with Crippen molar-refractivity contribution >= 4 is 23.2 Å². The smallest absolute Gasteiger partial charge is 0.256 e. The number of halogens is 1. The third-order valence-corrected chi connectivity index (χ3v) is 3.59. The largest absolute Gasteiger partial charge is 0.493 e. The lowest BCUT2D eigenvalue weighted by Crippen LogP contribution is -2.14. The lowest BCUT2D eigenvalue weighted by atomic mass is 10.0. The average Bonchev–Trinajstić information content (AvgIpc) is 2.55. The molecule has 0 aliphatic carbocycles. The van der Waals surface area contributed by atoms with Gasteiger partial charge in [0, 0.05) is 16.3 Å². The summed E-state index contributed by atoms with van der Waals surface area (Å²) in [5, 5.41) is 3.48. The molecule has 2 aromatic rings. The van der Waals surface area contributed by atoms with Crippen LogP contribution in [0, 0.1) is 0 Å². The Balaban J connectivity index is 2.33. The van der Waals surface area contributed by atoms with Crippen LogP contribution in [0.5, 0.6) is 11.5 Å². The summed E-state index contributed by atoms with van der Waals surface area (Å²) in [6, 6.07) is 10.5. The Morgan fingerprint density at radius 3 is 2.23 bits per heavy atom. The number of methoxy groups -OCH3 is 2. The van der Waals surface area contributed by atoms with Crippen LogP contribution in [0.2, 0.25) is 5.02 Å². The predicted molar refractivity (Wildman–Crippen MR) is 88.3 cm³/mol. The molecule has 4 nitrogen and oxygen atoms in total. The van der Waals surface area contributed by atoms with Crippen LogP contribution in [0.1, 0.15) is 22.8 Å². The molecule has 5 heteroatoms. The second kappa shape index (κ2) is 7.18. The first kappa shape index (κ1) is 16.2. The molecule has 0 spiro atoms. The summed E-state index contributed by atoms with van der Waals surface area (Å²) >= 11 is 5.84. The van der Waals surface area contributed by atoms with Crippen molar-refractivity contribution < 1.29 is 14.3 Å². The molecule has 2 aromatic carbocycles. The molecule has 0 atom stereocenters. The van der Waals surface area contributed by atoms with Crippen molar-refractivity contribution in [2.45, 2.75) is 13.3 Å². The molecule has 0 heterocycles. The van der Waals surface area contributed by atoms with Gasteiger partial charge in [0.15, 0.2) is 11.5 Å². The van der Waals surface area contributed by atoms with E-state index in [2.05, 4.69) is 5.32 Å². The number of rotatable bonds is 5. The highest BCUT2D eigenvalue weighted by Gasteiger charge is 2.16. The van der Waals surface area contributed by atoms with Crippen LogP contribution in [-0.2, 0) is 6.42 Å². The third-order valence-electron chi connectivity index (χ3n) is 3.34. The van der Waals surface area contributed by atoms with Gasteiger partial charge in [0.05, 0.1) is 14.2 Å². The Labute approximate surface area is 135 Å². The Hall–Kier alpha value is -2.20. The van der Waals surface area contributed by atoms with Crippen molar-refractivity contribution in [2.75, 3.05) is 19.5 Å². The van der Waals surface area contributed by atoms with Gasteiger partial charge in [-0.25, -0.2) is 0 Å². The van der Waals surface area contributed by atoms with Crippen molar-refractivity contribution in [1.29, 1.82) is 0 Å². The highest BCUT2D eigenvalue weighted by Crippen LogP contribution is 2.31. The van der Waals surface area contributed by atoms with Gasteiger partial charge in [-0.3, -0.25) is 4.79 Å². The van der Waals surface area contributed by atoms with Gasteiger partial charge in [-0.15, -0.1) is 0 Å². The lowest BCUT2D eigenvalue weighted by Gasteiger charge is -2.14. The number of carbonyl (C=O) groups is 1. The summed E-state index contributed by atoms with van der Waals surface area (Å²) in [4.78, 5) is 12.5. The predicted octanol–water partition coefficient (Wildman–Crippen LogP) is 4.17. The van der Waals surface area contributed by atoms with Crippen molar-refractivity contribution in [3.8, 4) is 11.5 Å². The van der Waals surface area contributed by atoms with Gasteiger partial charge >= 0.3 is 0 Å². The zero-order valence-corrected chi connectivity index (χ0v) is 13.5. The molecule has 116 valence electrons. The van der Waals surface area contributed by atoms with Crippen molar-refractivity contribution in [2.24, 2.45) is 0 Å². The maximum atomic E-state index is 12.5. The van der Waals surface area contributed by atoms with Gasteiger partial charge in [0.1, 0.15) is 0 Å². The highest BCUT2D eigenvalue weighted by atomic mass is 35.5. The molecular weight excluding hydrogens is 302 g/mol. The van der Waals surface area contributed by atoms with Gasteiger partial charge < -0.3 is 14.8 Å². The summed E-state index contributed by atoms with van der Waals surface area (Å²) in [5.74, 6) is 0.948. The van der Waals surface area contributed by atoms with Gasteiger partial charge in [-0.2, -0.15) is 0 Å². The fourth-order valence-electron chi connectivity index (χ4n) is 2.16. The molecule has 0 radical (unpaired) electrons. The Morgan fingerprint density at radius 1 is 1.09 bits per heavy atom. The van der Waals surface area contributed by atoms with E-state index in [1.165, 1.54) is 0 Å². The average molecular weight is 320 g/mol. The first-order valence-corrected chi connectivity index (χ1v) is 7.28. The second-order valence-corrected chi connectivity index (χ2v) is 5.12. The lowest BCUT2D eigenvalue weighted by molar-refractivity contribution is 0.102. The van der Waals surface area contributed by atoms with E-state index in [4.69, 9.17) is 21.1 Å². The molecular formula is C17H18ClNO3. The third kappa shape index (κ3) is 3.52. The number of anilines is 1. The van der Waals surface area contributed by atoms with Gasteiger partial charge in [-0.05, 0) is 48.4 Å². The highest BCUT2D eigenvalue weighted by molar-refractivity contribution is 6.30. The number of nitrogens with one attached hydrogen (secondary N) is 1. The molecule has 1 N–H and O–H groups in total. The van der Waals surface area contributed by atoms with Crippen molar-refractivity contribution in [3.63, 3.8) is 0 Å². The van der Waals surface area contributed by atoms with Crippen LogP contribution >= 0.6 is 11.6 Å². The zero-order valence-electron chi connectivity index (χ0n) is 12.8. The summed E-state index contributed by atoms with van der Waals surface area (Å²) < 4.78 is 10.5. The number of amides is 1. The fraction of sp³-hybridized carbons (Fsp3) is 0.235. The summed E-state index contributed by atoms with van der Waals surface area (Å²) in [7, 11) is 3.12. The maximum Gasteiger partial charge on any atom is 0.256 e. The van der Waals surface area contributed by atoms with E-state index in [9.17, 15) is 4.79 Å². The van der Waals surface area contributed by atoms with Crippen LogP contribution in [-0.4, -0.2) is 20.1 Å². The fourth-order valence-corrected chi connectivity index (χ4v) is 2.28. The zero-order chi connectivity index (χ0) is 16.1. The number of hydrogen-bond acceptors (Lipinski definition) is 3. The topological polar surface area (TPSA) is 47.6 Å². The first-order valence-electron chi connectivity index (χ1n) is 6.90. The number of benzene rings is 2. The van der Waals surface area contributed by atoms with Crippen molar-refractivity contribution in [3.05, 3.63) is 52.5 Å². The number of hydrogen-bond donors (Lipinski definition) is 1. The molecule has 0 saturated carbocycles. The molecule has 0 saturated heterocycles. The van der Waals surface area contributed by atoms with Gasteiger partial charge in [0.2, 0.25) is 0 Å². The van der Waals surface area contributed by atoms with E-state index >= 15 is 0 Å². The number of aryl methyl sites for hydroxylation is 1. The molecule has 0 aliphatic rings. The SMILES string of the molecule is CCc1cc(OC)c(OC)cc1C(=O)Nc1ccc(Cl)cc1. The Kier molecular flexibility index (Phi) is 5.28. The Morgan fingerprint density at radius 2 is 1.68 bits per heavy atom. The molecule has 0 fully saturated rings. The van der Waals surface area contributed by atoms with Crippen LogP contribution < -0.4 is 14.8 Å². The first-order chi connectivity index (χ1) is 10.6. The minimum Gasteiger partial charge on any atom is -0.493 e. The van der Waals surface area contributed by atoms with Crippen LogP contribution in [0.25, 0.3) is 0 Å². The van der Waals surface area contributed by atoms with E-state index in [0.29, 0.717) is 34.2 Å². The number of ether oxygens (including phenoxy) is 2. The van der Waals surface area contributed by atoms with Gasteiger partial charge in [-0.1, -0.05) is 18.5 Å². The quantitative estimate of drug-likeness (QED) is 0.899. The number of carbonyl (C=O) groups excluding carboxylic acids is 1. The standard InChI is InChI=1S/C17H18ClNO3/c1-4-11-9-15(21-2)16(22-3)10-14(11)17(20)19-13-7-5-12(18)6-8-13/h5-10H,4H2,1-3H3,(H,19,20). The normalized spacial score (nSPS) is 10.2. The summed E-state index contributed by atoms with van der Waals surface area (Å²) in [6.07, 6.45) is 0.712.